The molecule has 4 heteroatoms. The molecule has 0 saturated carbocycles. The van der Waals surface area contributed by atoms with Crippen molar-refractivity contribution in [3.8, 4) is 5.75 Å². The number of nitrogens with zero attached hydrogens (tertiary/aromatic N) is 1. The molecule has 0 saturated heterocycles. The van der Waals surface area contributed by atoms with Crippen LogP contribution in [0.15, 0.2) is 30.5 Å². The Morgan fingerprint density at radius 1 is 1.58 bits per heavy atom. The van der Waals surface area contributed by atoms with Crippen LogP contribution in [0.3, 0.4) is 0 Å². The average Bonchev–Trinajstić information content (AvgIpc) is 2.50. The van der Waals surface area contributed by atoms with Gasteiger partial charge in [0.25, 0.3) is 0 Å². The van der Waals surface area contributed by atoms with E-state index in [2.05, 4.69) is 10.3 Å². The van der Waals surface area contributed by atoms with Gasteiger partial charge in [0.05, 0.1) is 23.7 Å². The van der Waals surface area contributed by atoms with E-state index in [0.717, 1.165) is 0 Å². The second-order valence-corrected chi connectivity index (χ2v) is 4.14. The van der Waals surface area contributed by atoms with Crippen LogP contribution in [0.25, 0.3) is 10.9 Å². The van der Waals surface area contributed by atoms with Gasteiger partial charge in [-0.05, 0) is 38.4 Å². The van der Waals surface area contributed by atoms with E-state index in [1.165, 1.54) is 18.3 Å². The summed E-state index contributed by atoms with van der Waals surface area (Å²) in [5.41, 5.74) is 6.10. The topological polar surface area (TPSA) is 60.2 Å². The van der Waals surface area contributed by atoms with Crippen LogP contribution in [-0.2, 0) is 0 Å². The lowest BCUT2D eigenvalue weighted by molar-refractivity contribution is 0.415. The zero-order chi connectivity index (χ0) is 19.6. The third-order valence-corrected chi connectivity index (χ3v) is 2.71. The SMILES string of the molecule is [2H]C([2H])([2H])Oc1cc(NC([2H])(CCCN)C([2H])([2H])[2H])c2ncccc2c1. The molecule has 1 unspecified atom stereocenters. The number of hydrogen-bond acceptors (Lipinski definition) is 4. The summed E-state index contributed by atoms with van der Waals surface area (Å²) in [6.07, 6.45) is 1.85. The Morgan fingerprint density at radius 3 is 3.32 bits per heavy atom. The molecule has 2 aromatic rings. The van der Waals surface area contributed by atoms with Gasteiger partial charge in [0.15, 0.2) is 0 Å². The largest absolute Gasteiger partial charge is 0.497 e. The first kappa shape index (κ1) is 7.10. The number of pyridine rings is 1. The first-order valence-corrected chi connectivity index (χ1v) is 6.01. The molecule has 0 aliphatic rings. The molecular weight excluding hydrogens is 238 g/mol. The summed E-state index contributed by atoms with van der Waals surface area (Å²) in [7, 11) is -2.66. The molecule has 0 aliphatic carbocycles. The molecule has 2 rings (SSSR count). The van der Waals surface area contributed by atoms with Crippen LogP contribution < -0.4 is 15.8 Å². The molecule has 102 valence electrons. The van der Waals surface area contributed by atoms with Crippen LogP contribution >= 0.6 is 0 Å². The highest BCUT2D eigenvalue weighted by molar-refractivity contribution is 5.91. The van der Waals surface area contributed by atoms with Gasteiger partial charge in [0.2, 0.25) is 0 Å². The van der Waals surface area contributed by atoms with Crippen LogP contribution in [0.1, 0.15) is 29.3 Å². The number of methoxy groups -OCH3 is 1. The van der Waals surface area contributed by atoms with E-state index in [0.29, 0.717) is 17.3 Å². The standard InChI is InChI=1S/C15H21N3O/c1-11(5-3-7-16)18-14-10-13(19-2)9-12-6-4-8-17-15(12)14/h4,6,8-11,18H,3,5,7,16H2,1-2H3/i1D3,2D3,11D. The Bertz CT molecular complexity index is 763. The van der Waals surface area contributed by atoms with E-state index in [1.807, 2.05) is 0 Å². The Balaban J connectivity index is 2.52. The number of benzene rings is 1. The van der Waals surface area contributed by atoms with Gasteiger partial charge in [0, 0.05) is 27.8 Å². The van der Waals surface area contributed by atoms with E-state index in [-0.39, 0.29) is 24.4 Å². The maximum absolute atomic E-state index is 8.43. The minimum absolute atomic E-state index is 0.0152. The lowest BCUT2D eigenvalue weighted by atomic mass is 10.1. The van der Waals surface area contributed by atoms with Crippen molar-refractivity contribution in [1.82, 2.24) is 4.98 Å². The molecule has 0 aliphatic heterocycles. The van der Waals surface area contributed by atoms with Gasteiger partial charge in [-0.1, -0.05) is 6.07 Å². The van der Waals surface area contributed by atoms with E-state index in [9.17, 15) is 0 Å². The molecular formula is C15H21N3O. The zero-order valence-electron chi connectivity index (χ0n) is 17.4. The smallest absolute Gasteiger partial charge is 0.121 e. The van der Waals surface area contributed by atoms with E-state index in [4.69, 9.17) is 20.1 Å². The number of nitrogens with two attached hydrogens (primary N) is 1. The van der Waals surface area contributed by atoms with Crippen molar-refractivity contribution >= 4 is 16.6 Å². The highest BCUT2D eigenvalue weighted by atomic mass is 16.5. The summed E-state index contributed by atoms with van der Waals surface area (Å²) in [6, 6.07) is 4.20. The third-order valence-electron chi connectivity index (χ3n) is 2.71. The summed E-state index contributed by atoms with van der Waals surface area (Å²) in [6.45, 7) is -2.39. The van der Waals surface area contributed by atoms with Crippen molar-refractivity contribution in [2.24, 2.45) is 5.73 Å². The molecule has 1 heterocycles. The molecule has 0 bridgehead atoms. The van der Waals surface area contributed by atoms with Crippen LogP contribution in [-0.4, -0.2) is 24.6 Å². The molecule has 4 nitrogen and oxygen atoms in total. The Hall–Kier alpha value is -1.81. The summed E-state index contributed by atoms with van der Waals surface area (Å²) in [5, 5.41) is 3.28. The van der Waals surface area contributed by atoms with Crippen LogP contribution in [0.2, 0.25) is 0 Å². The third kappa shape index (κ3) is 3.35. The first-order valence-electron chi connectivity index (χ1n) is 9.51. The molecule has 0 radical (unpaired) electrons. The van der Waals surface area contributed by atoms with Gasteiger partial charge in [-0.3, -0.25) is 4.98 Å². The summed E-state index contributed by atoms with van der Waals surface area (Å²) in [5.74, 6) is 0.0275. The molecule has 3 N–H and O–H groups in total. The van der Waals surface area contributed by atoms with E-state index < -0.39 is 19.9 Å². The lowest BCUT2D eigenvalue weighted by Crippen LogP contribution is -2.17. The fraction of sp³-hybridized carbons (Fsp3) is 0.400. The molecule has 0 amide bonds. The molecule has 1 atom stereocenters. The summed E-state index contributed by atoms with van der Waals surface area (Å²) >= 11 is 0. The van der Waals surface area contributed by atoms with Gasteiger partial charge in [-0.2, -0.15) is 0 Å². The maximum atomic E-state index is 8.43. The highest BCUT2D eigenvalue weighted by Crippen LogP contribution is 2.28. The number of aromatic nitrogens is 1. The molecule has 1 aromatic heterocycles. The predicted octanol–water partition coefficient (Wildman–Crippen LogP) is 2.78. The normalized spacial score (nSPS) is 20.8. The Morgan fingerprint density at radius 2 is 2.53 bits per heavy atom. The van der Waals surface area contributed by atoms with Gasteiger partial charge in [0.1, 0.15) is 5.75 Å². The van der Waals surface area contributed by atoms with Crippen molar-refractivity contribution in [3.63, 3.8) is 0 Å². The minimum atomic E-state index is -2.66. The average molecular weight is 266 g/mol. The van der Waals surface area contributed by atoms with Gasteiger partial charge < -0.3 is 15.8 Å². The number of nitrogens with one attached hydrogen (secondary N) is 1. The van der Waals surface area contributed by atoms with E-state index in [1.54, 1.807) is 12.1 Å². The fourth-order valence-electron chi connectivity index (χ4n) is 1.82. The Kier molecular flexibility index (Phi) is 2.39. The number of fused-ring (bicyclic) bond motifs is 1. The second kappa shape index (κ2) is 6.38. The minimum Gasteiger partial charge on any atom is -0.497 e. The number of hydrogen-bond donors (Lipinski definition) is 2. The van der Waals surface area contributed by atoms with E-state index >= 15 is 0 Å². The van der Waals surface area contributed by atoms with Crippen molar-refractivity contribution in [1.29, 1.82) is 0 Å². The molecule has 0 fully saturated rings. The van der Waals surface area contributed by atoms with Crippen molar-refractivity contribution < 1.29 is 14.3 Å². The second-order valence-electron chi connectivity index (χ2n) is 4.14. The predicted molar refractivity (Wildman–Crippen MR) is 79.7 cm³/mol. The number of ether oxygens (including phenoxy) is 1. The monoisotopic (exact) mass is 266 g/mol. The highest BCUT2D eigenvalue weighted by Gasteiger charge is 2.08. The van der Waals surface area contributed by atoms with Crippen molar-refractivity contribution in [3.05, 3.63) is 30.5 Å². The first-order chi connectivity index (χ1) is 12.0. The molecule has 1 aromatic carbocycles. The van der Waals surface area contributed by atoms with Crippen LogP contribution in [0.4, 0.5) is 5.69 Å². The van der Waals surface area contributed by atoms with Gasteiger partial charge in [-0.25, -0.2) is 0 Å². The van der Waals surface area contributed by atoms with Crippen LogP contribution in [0, 0.1) is 0 Å². The zero-order valence-corrected chi connectivity index (χ0v) is 10.4. The van der Waals surface area contributed by atoms with Crippen molar-refractivity contribution in [2.75, 3.05) is 18.9 Å². The van der Waals surface area contributed by atoms with Gasteiger partial charge >= 0.3 is 0 Å². The molecule has 19 heavy (non-hydrogen) atoms. The summed E-state index contributed by atoms with van der Waals surface area (Å²) < 4.78 is 58.3. The number of rotatable bonds is 6. The number of anilines is 1. The van der Waals surface area contributed by atoms with Crippen molar-refractivity contribution in [2.45, 2.75) is 25.7 Å². The Labute approximate surface area is 123 Å². The summed E-state index contributed by atoms with van der Waals surface area (Å²) in [4.78, 5) is 4.21. The van der Waals surface area contributed by atoms with Gasteiger partial charge in [-0.15, -0.1) is 0 Å². The van der Waals surface area contributed by atoms with Crippen LogP contribution in [0.5, 0.6) is 5.75 Å². The molecule has 0 spiro atoms. The fourth-order valence-corrected chi connectivity index (χ4v) is 1.82. The maximum Gasteiger partial charge on any atom is 0.121 e. The quantitative estimate of drug-likeness (QED) is 0.844. The lowest BCUT2D eigenvalue weighted by Gasteiger charge is -2.17.